The van der Waals surface area contributed by atoms with Gasteiger partial charge in [-0.25, -0.2) is 8.42 Å². The van der Waals surface area contributed by atoms with Crippen LogP contribution in [0, 0.1) is 13.8 Å². The first-order chi connectivity index (χ1) is 11.4. The Balaban J connectivity index is 1.73. The van der Waals surface area contributed by atoms with Crippen LogP contribution >= 0.6 is 0 Å². The summed E-state index contributed by atoms with van der Waals surface area (Å²) in [5.41, 5.74) is 3.72. The number of piperazine rings is 1. The van der Waals surface area contributed by atoms with Gasteiger partial charge in [0.15, 0.2) is 0 Å². The lowest BCUT2D eigenvalue weighted by atomic mass is 10.1. The minimum atomic E-state index is -3.45. The van der Waals surface area contributed by atoms with Crippen molar-refractivity contribution in [2.45, 2.75) is 32.2 Å². The summed E-state index contributed by atoms with van der Waals surface area (Å²) in [6.45, 7) is 9.21. The monoisotopic (exact) mass is 348 g/mol. The van der Waals surface area contributed by atoms with Gasteiger partial charge >= 0.3 is 0 Å². The van der Waals surface area contributed by atoms with E-state index < -0.39 is 10.0 Å². The summed E-state index contributed by atoms with van der Waals surface area (Å²) >= 11 is 0. The number of aryl methyl sites for hydroxylation is 2. The van der Waals surface area contributed by atoms with E-state index in [1.54, 1.807) is 15.2 Å². The van der Waals surface area contributed by atoms with E-state index in [-0.39, 0.29) is 4.90 Å². The average Bonchev–Trinajstić information content (AvgIpc) is 3.07. The molecule has 1 aliphatic heterocycles. The third-order valence-corrected chi connectivity index (χ3v) is 6.58. The molecule has 0 aliphatic carbocycles. The topological polar surface area (TPSA) is 58.4 Å². The number of rotatable bonds is 4. The fourth-order valence-electron chi connectivity index (χ4n) is 3.05. The third kappa shape index (κ3) is 3.06. The fraction of sp³-hybridized carbons (Fsp3) is 0.471. The molecule has 0 bridgehead atoms. The average molecular weight is 348 g/mol. The van der Waals surface area contributed by atoms with Crippen molar-refractivity contribution in [1.29, 1.82) is 0 Å². The molecule has 1 aromatic heterocycles. The van der Waals surface area contributed by atoms with Crippen LogP contribution in [0.5, 0.6) is 0 Å². The summed E-state index contributed by atoms with van der Waals surface area (Å²) in [7, 11) is -3.45. The van der Waals surface area contributed by atoms with Gasteiger partial charge in [-0.1, -0.05) is 12.1 Å². The third-order valence-electron chi connectivity index (χ3n) is 4.73. The standard InChI is InChI=1S/C17H24N4O2S/c1-4-20-13-16(12-18-20)24(22,23)21-10-8-19(9-11-21)17-7-5-6-14(2)15(17)3/h5-7,12-13H,4,8-11H2,1-3H3. The van der Waals surface area contributed by atoms with Crippen molar-refractivity contribution < 1.29 is 8.42 Å². The van der Waals surface area contributed by atoms with Crippen molar-refractivity contribution in [3.63, 3.8) is 0 Å². The zero-order valence-corrected chi connectivity index (χ0v) is 15.3. The zero-order chi connectivity index (χ0) is 17.3. The summed E-state index contributed by atoms with van der Waals surface area (Å²) in [5.74, 6) is 0. The highest BCUT2D eigenvalue weighted by atomic mass is 32.2. The van der Waals surface area contributed by atoms with E-state index in [1.807, 2.05) is 6.92 Å². The van der Waals surface area contributed by atoms with E-state index in [2.05, 4.69) is 42.0 Å². The van der Waals surface area contributed by atoms with E-state index in [0.29, 0.717) is 32.7 Å². The Morgan fingerprint density at radius 3 is 2.46 bits per heavy atom. The second kappa shape index (κ2) is 6.57. The minimum Gasteiger partial charge on any atom is -0.369 e. The van der Waals surface area contributed by atoms with Crippen molar-refractivity contribution in [3.8, 4) is 0 Å². The first kappa shape index (κ1) is 17.0. The summed E-state index contributed by atoms with van der Waals surface area (Å²) in [5, 5.41) is 4.08. The molecule has 1 aliphatic rings. The van der Waals surface area contributed by atoms with Gasteiger partial charge in [-0.2, -0.15) is 9.40 Å². The highest BCUT2D eigenvalue weighted by Crippen LogP contribution is 2.25. The fourth-order valence-corrected chi connectivity index (χ4v) is 4.42. The van der Waals surface area contributed by atoms with E-state index in [9.17, 15) is 8.42 Å². The van der Waals surface area contributed by atoms with Crippen LogP contribution in [0.15, 0.2) is 35.5 Å². The van der Waals surface area contributed by atoms with Crippen LogP contribution in [0.1, 0.15) is 18.1 Å². The van der Waals surface area contributed by atoms with Crippen LogP contribution < -0.4 is 4.90 Å². The maximum atomic E-state index is 12.7. The molecule has 0 unspecified atom stereocenters. The molecule has 0 radical (unpaired) electrons. The highest BCUT2D eigenvalue weighted by Gasteiger charge is 2.30. The van der Waals surface area contributed by atoms with Gasteiger partial charge in [0.05, 0.1) is 6.20 Å². The quantitative estimate of drug-likeness (QED) is 0.848. The second-order valence-corrected chi connectivity index (χ2v) is 8.08. The molecule has 7 heteroatoms. The van der Waals surface area contributed by atoms with Gasteiger partial charge in [-0.15, -0.1) is 0 Å². The van der Waals surface area contributed by atoms with Gasteiger partial charge in [-0.3, -0.25) is 4.68 Å². The number of nitrogens with zero attached hydrogens (tertiary/aromatic N) is 4. The van der Waals surface area contributed by atoms with Gasteiger partial charge in [0.25, 0.3) is 0 Å². The molecule has 0 saturated carbocycles. The van der Waals surface area contributed by atoms with E-state index in [1.165, 1.54) is 23.0 Å². The predicted octanol–water partition coefficient (Wildman–Crippen LogP) is 2.03. The molecule has 1 saturated heterocycles. The van der Waals surface area contributed by atoms with Crippen molar-refractivity contribution >= 4 is 15.7 Å². The molecule has 2 heterocycles. The molecule has 6 nitrogen and oxygen atoms in total. The number of hydrogen-bond donors (Lipinski definition) is 0. The van der Waals surface area contributed by atoms with Gasteiger partial charge in [0.1, 0.15) is 4.90 Å². The molecule has 0 spiro atoms. The molecule has 130 valence electrons. The number of aromatic nitrogens is 2. The lowest BCUT2D eigenvalue weighted by molar-refractivity contribution is 0.384. The Kier molecular flexibility index (Phi) is 4.64. The maximum Gasteiger partial charge on any atom is 0.246 e. The number of sulfonamides is 1. The molecule has 1 aromatic carbocycles. The van der Waals surface area contributed by atoms with Gasteiger partial charge in [-0.05, 0) is 38.0 Å². The van der Waals surface area contributed by atoms with Crippen molar-refractivity contribution in [2.24, 2.45) is 0 Å². The smallest absolute Gasteiger partial charge is 0.246 e. The number of hydrogen-bond acceptors (Lipinski definition) is 4. The molecule has 3 rings (SSSR count). The highest BCUT2D eigenvalue weighted by molar-refractivity contribution is 7.89. The van der Waals surface area contributed by atoms with Gasteiger partial charge in [0, 0.05) is 44.6 Å². The molecule has 24 heavy (non-hydrogen) atoms. The van der Waals surface area contributed by atoms with E-state index >= 15 is 0 Å². The Morgan fingerprint density at radius 2 is 1.83 bits per heavy atom. The largest absolute Gasteiger partial charge is 0.369 e. The van der Waals surface area contributed by atoms with Crippen LogP contribution in [-0.4, -0.2) is 48.7 Å². The van der Waals surface area contributed by atoms with Crippen molar-refractivity contribution in [2.75, 3.05) is 31.1 Å². The van der Waals surface area contributed by atoms with Crippen LogP contribution in [-0.2, 0) is 16.6 Å². The zero-order valence-electron chi connectivity index (χ0n) is 14.4. The summed E-state index contributed by atoms with van der Waals surface area (Å²) in [4.78, 5) is 2.55. The first-order valence-electron chi connectivity index (χ1n) is 8.27. The summed E-state index contributed by atoms with van der Waals surface area (Å²) < 4.78 is 28.7. The molecular weight excluding hydrogens is 324 g/mol. The Morgan fingerprint density at radius 1 is 1.12 bits per heavy atom. The van der Waals surface area contributed by atoms with Gasteiger partial charge < -0.3 is 4.90 Å². The minimum absolute atomic E-state index is 0.282. The molecule has 0 amide bonds. The first-order valence-corrected chi connectivity index (χ1v) is 9.71. The number of benzene rings is 1. The lowest BCUT2D eigenvalue weighted by Crippen LogP contribution is -2.48. The predicted molar refractivity (Wildman–Crippen MR) is 94.8 cm³/mol. The Bertz CT molecular complexity index is 821. The molecule has 1 fully saturated rings. The molecule has 0 N–H and O–H groups in total. The molecule has 2 aromatic rings. The maximum absolute atomic E-state index is 12.7. The second-order valence-electron chi connectivity index (χ2n) is 6.14. The van der Waals surface area contributed by atoms with Crippen LogP contribution in [0.4, 0.5) is 5.69 Å². The van der Waals surface area contributed by atoms with Crippen molar-refractivity contribution in [3.05, 3.63) is 41.7 Å². The van der Waals surface area contributed by atoms with Crippen LogP contribution in [0.2, 0.25) is 0 Å². The summed E-state index contributed by atoms with van der Waals surface area (Å²) in [6, 6.07) is 6.27. The molecule has 0 atom stereocenters. The van der Waals surface area contributed by atoms with Crippen LogP contribution in [0.25, 0.3) is 0 Å². The number of anilines is 1. The SMILES string of the molecule is CCn1cc(S(=O)(=O)N2CCN(c3cccc(C)c3C)CC2)cn1. The Hall–Kier alpha value is -1.86. The normalized spacial score (nSPS) is 16.5. The van der Waals surface area contributed by atoms with E-state index in [4.69, 9.17) is 0 Å². The van der Waals surface area contributed by atoms with Crippen molar-refractivity contribution in [1.82, 2.24) is 14.1 Å². The van der Waals surface area contributed by atoms with E-state index in [0.717, 1.165) is 0 Å². The molecular formula is C17H24N4O2S. The Labute approximate surface area is 143 Å². The van der Waals surface area contributed by atoms with Crippen LogP contribution in [0.3, 0.4) is 0 Å². The lowest BCUT2D eigenvalue weighted by Gasteiger charge is -2.36. The summed E-state index contributed by atoms with van der Waals surface area (Å²) in [6.07, 6.45) is 3.04. The van der Waals surface area contributed by atoms with Gasteiger partial charge in [0.2, 0.25) is 10.0 Å².